The van der Waals surface area contributed by atoms with E-state index in [2.05, 4.69) is 48.8 Å². The topological polar surface area (TPSA) is 50.5 Å². The summed E-state index contributed by atoms with van der Waals surface area (Å²) in [6.07, 6.45) is 0. The van der Waals surface area contributed by atoms with Crippen LogP contribution in [0.3, 0.4) is 0 Å². The standard InChI is InChI=1S/C29H26BrNO3/c1-16-6-12-21(14-17(16)2)31-25(18-7-9-19(10-8-18)29(3,4)5)24-26(32)22-15-20(30)11-13-23(22)34-27(24)28(31)33/h6-15,25H,1-5H3. The maximum Gasteiger partial charge on any atom is 0.295 e. The predicted octanol–water partition coefficient (Wildman–Crippen LogP) is 7.22. The molecule has 3 aromatic carbocycles. The first-order valence-electron chi connectivity index (χ1n) is 11.3. The maximum absolute atomic E-state index is 13.8. The van der Waals surface area contributed by atoms with Crippen LogP contribution in [0.15, 0.2) is 74.3 Å². The summed E-state index contributed by atoms with van der Waals surface area (Å²) in [7, 11) is 0. The first kappa shape index (κ1) is 22.6. The molecule has 1 unspecified atom stereocenters. The number of halogens is 1. The van der Waals surface area contributed by atoms with Crippen molar-refractivity contribution in [3.8, 4) is 0 Å². The van der Waals surface area contributed by atoms with E-state index in [0.717, 1.165) is 26.9 Å². The van der Waals surface area contributed by atoms with Crippen LogP contribution in [0, 0.1) is 13.8 Å². The van der Waals surface area contributed by atoms with Crippen molar-refractivity contribution in [2.24, 2.45) is 0 Å². The van der Waals surface area contributed by atoms with Gasteiger partial charge in [0.2, 0.25) is 5.76 Å². The average Bonchev–Trinajstić information content (AvgIpc) is 3.08. The van der Waals surface area contributed by atoms with Gasteiger partial charge >= 0.3 is 0 Å². The predicted molar refractivity (Wildman–Crippen MR) is 140 cm³/mol. The van der Waals surface area contributed by atoms with Gasteiger partial charge in [0.1, 0.15) is 5.58 Å². The van der Waals surface area contributed by atoms with Gasteiger partial charge in [-0.2, -0.15) is 0 Å². The molecule has 1 amide bonds. The van der Waals surface area contributed by atoms with Crippen LogP contribution in [0.4, 0.5) is 5.69 Å². The lowest BCUT2D eigenvalue weighted by atomic mass is 9.86. The van der Waals surface area contributed by atoms with Gasteiger partial charge in [0.15, 0.2) is 5.43 Å². The third-order valence-corrected chi connectivity index (χ3v) is 7.19. The first-order chi connectivity index (χ1) is 16.1. The third kappa shape index (κ3) is 3.59. The summed E-state index contributed by atoms with van der Waals surface area (Å²) in [6.45, 7) is 10.6. The quantitative estimate of drug-likeness (QED) is 0.283. The zero-order valence-electron chi connectivity index (χ0n) is 19.9. The highest BCUT2D eigenvalue weighted by Crippen LogP contribution is 2.42. The molecule has 1 aliphatic rings. The van der Waals surface area contributed by atoms with Crippen molar-refractivity contribution in [3.05, 3.63) is 109 Å². The van der Waals surface area contributed by atoms with Crippen molar-refractivity contribution in [1.29, 1.82) is 0 Å². The Morgan fingerprint density at radius 1 is 0.882 bits per heavy atom. The highest BCUT2D eigenvalue weighted by Gasteiger charge is 2.43. The van der Waals surface area contributed by atoms with Crippen molar-refractivity contribution in [2.75, 3.05) is 4.90 Å². The Balaban J connectivity index is 1.78. The Hall–Kier alpha value is -3.18. The van der Waals surface area contributed by atoms with Crippen LogP contribution in [0.25, 0.3) is 11.0 Å². The normalized spacial score (nSPS) is 15.8. The van der Waals surface area contributed by atoms with Crippen LogP contribution in [0.5, 0.6) is 0 Å². The number of benzene rings is 3. The summed E-state index contributed by atoms with van der Waals surface area (Å²) in [5.41, 5.74) is 5.64. The van der Waals surface area contributed by atoms with E-state index in [1.54, 1.807) is 23.1 Å². The van der Waals surface area contributed by atoms with Crippen LogP contribution in [-0.2, 0) is 5.41 Å². The second-order valence-electron chi connectivity index (χ2n) is 10.0. The number of amides is 1. The van der Waals surface area contributed by atoms with Gasteiger partial charge in [0.25, 0.3) is 5.91 Å². The van der Waals surface area contributed by atoms with Crippen molar-refractivity contribution in [1.82, 2.24) is 0 Å². The highest BCUT2D eigenvalue weighted by atomic mass is 79.9. The number of hydrogen-bond acceptors (Lipinski definition) is 3. The molecule has 4 nitrogen and oxygen atoms in total. The van der Waals surface area contributed by atoms with Crippen molar-refractivity contribution < 1.29 is 9.21 Å². The number of carbonyl (C=O) groups is 1. The molecule has 0 spiro atoms. The molecule has 0 N–H and O–H groups in total. The minimum Gasteiger partial charge on any atom is -0.450 e. The fourth-order valence-corrected chi connectivity index (χ4v) is 4.93. The number of aryl methyl sites for hydroxylation is 2. The van der Waals surface area contributed by atoms with Crippen LogP contribution in [0.2, 0.25) is 0 Å². The van der Waals surface area contributed by atoms with Gasteiger partial charge in [-0.1, -0.05) is 67.0 Å². The lowest BCUT2D eigenvalue weighted by molar-refractivity contribution is 0.0971. The third-order valence-electron chi connectivity index (χ3n) is 6.69. The second-order valence-corrected chi connectivity index (χ2v) is 10.9. The summed E-state index contributed by atoms with van der Waals surface area (Å²) in [5, 5.41) is 0.458. The number of hydrogen-bond donors (Lipinski definition) is 0. The molecule has 0 bridgehead atoms. The Morgan fingerprint density at radius 2 is 1.59 bits per heavy atom. The first-order valence-corrected chi connectivity index (χ1v) is 12.1. The van der Waals surface area contributed by atoms with Gasteiger partial charge in [0.05, 0.1) is 17.0 Å². The molecule has 1 aliphatic heterocycles. The van der Waals surface area contributed by atoms with Crippen molar-refractivity contribution in [3.63, 3.8) is 0 Å². The molecule has 34 heavy (non-hydrogen) atoms. The summed E-state index contributed by atoms with van der Waals surface area (Å²) < 4.78 is 6.86. The Bertz CT molecular complexity index is 1510. The molecule has 5 rings (SSSR count). The molecule has 0 fully saturated rings. The molecule has 1 atom stereocenters. The molecule has 0 saturated carbocycles. The number of anilines is 1. The highest BCUT2D eigenvalue weighted by molar-refractivity contribution is 9.10. The smallest absolute Gasteiger partial charge is 0.295 e. The lowest BCUT2D eigenvalue weighted by Gasteiger charge is -2.27. The van der Waals surface area contributed by atoms with Crippen molar-refractivity contribution in [2.45, 2.75) is 46.1 Å². The molecule has 2 heterocycles. The van der Waals surface area contributed by atoms with E-state index in [0.29, 0.717) is 16.5 Å². The maximum atomic E-state index is 13.8. The summed E-state index contributed by atoms with van der Waals surface area (Å²) in [5.74, 6) is -0.187. The van der Waals surface area contributed by atoms with E-state index >= 15 is 0 Å². The van der Waals surface area contributed by atoms with Gasteiger partial charge < -0.3 is 4.42 Å². The van der Waals surface area contributed by atoms with E-state index < -0.39 is 6.04 Å². The molecular weight excluding hydrogens is 490 g/mol. The molecule has 5 heteroatoms. The zero-order valence-corrected chi connectivity index (χ0v) is 21.5. The van der Waals surface area contributed by atoms with E-state index in [4.69, 9.17) is 4.42 Å². The fraction of sp³-hybridized carbons (Fsp3) is 0.241. The number of carbonyl (C=O) groups excluding carboxylic acids is 1. The van der Waals surface area contributed by atoms with E-state index in [-0.39, 0.29) is 22.5 Å². The van der Waals surface area contributed by atoms with Gasteiger partial charge in [-0.25, -0.2) is 0 Å². The molecule has 0 saturated heterocycles. The Labute approximate surface area is 207 Å². The van der Waals surface area contributed by atoms with Gasteiger partial charge in [-0.05, 0) is 71.8 Å². The second kappa shape index (κ2) is 7.95. The molecule has 172 valence electrons. The Kier molecular flexibility index (Phi) is 5.28. The van der Waals surface area contributed by atoms with E-state index in [1.807, 2.05) is 44.2 Å². The molecule has 1 aromatic heterocycles. The summed E-state index contributed by atoms with van der Waals surface area (Å²) in [4.78, 5) is 29.2. The monoisotopic (exact) mass is 515 g/mol. The summed E-state index contributed by atoms with van der Waals surface area (Å²) >= 11 is 3.45. The zero-order chi connectivity index (χ0) is 24.4. The largest absolute Gasteiger partial charge is 0.450 e. The lowest BCUT2D eigenvalue weighted by Crippen LogP contribution is -2.29. The SMILES string of the molecule is Cc1ccc(N2C(=O)c3oc4ccc(Br)cc4c(=O)c3C2c2ccc(C(C)(C)C)cc2)cc1C. The van der Waals surface area contributed by atoms with Gasteiger partial charge in [-0.3, -0.25) is 14.5 Å². The van der Waals surface area contributed by atoms with Crippen LogP contribution >= 0.6 is 15.9 Å². The number of nitrogens with zero attached hydrogens (tertiary/aromatic N) is 1. The van der Waals surface area contributed by atoms with Crippen LogP contribution in [0.1, 0.15) is 65.2 Å². The molecule has 0 radical (unpaired) electrons. The molecule has 0 aliphatic carbocycles. The summed E-state index contributed by atoms with van der Waals surface area (Å²) in [6, 6.07) is 18.8. The average molecular weight is 516 g/mol. The van der Waals surface area contributed by atoms with Gasteiger partial charge in [0, 0.05) is 10.2 Å². The van der Waals surface area contributed by atoms with E-state index in [9.17, 15) is 9.59 Å². The molecular formula is C29H26BrNO3. The molecule has 4 aromatic rings. The minimum absolute atomic E-state index is 0.00278. The Morgan fingerprint density at radius 3 is 2.24 bits per heavy atom. The minimum atomic E-state index is -0.571. The number of rotatable bonds is 2. The number of fused-ring (bicyclic) bond motifs is 2. The van der Waals surface area contributed by atoms with Crippen LogP contribution < -0.4 is 10.3 Å². The van der Waals surface area contributed by atoms with Crippen molar-refractivity contribution >= 4 is 38.5 Å². The van der Waals surface area contributed by atoms with Crippen LogP contribution in [-0.4, -0.2) is 5.91 Å². The fourth-order valence-electron chi connectivity index (χ4n) is 4.57. The van der Waals surface area contributed by atoms with Gasteiger partial charge in [-0.15, -0.1) is 0 Å². The van der Waals surface area contributed by atoms with E-state index in [1.165, 1.54) is 5.56 Å².